The maximum atomic E-state index is 12.3. The Hall–Kier alpha value is -2.15. The molecule has 2 aromatic carbocycles. The minimum atomic E-state index is -0.396. The number of rotatable bonds is 5. The van der Waals surface area contributed by atoms with E-state index >= 15 is 0 Å². The number of hydrazine groups is 1. The molecule has 0 spiro atoms. The van der Waals surface area contributed by atoms with Crippen LogP contribution in [0.5, 0.6) is 0 Å². The van der Waals surface area contributed by atoms with Gasteiger partial charge in [0.2, 0.25) is 0 Å². The summed E-state index contributed by atoms with van der Waals surface area (Å²) in [5.74, 6) is 0. The zero-order valence-corrected chi connectivity index (χ0v) is 14.6. The molecule has 0 bridgehead atoms. The van der Waals surface area contributed by atoms with Gasteiger partial charge in [-0.1, -0.05) is 54.2 Å². The topological polar surface area (TPSA) is 47.6 Å². The van der Waals surface area contributed by atoms with Crippen LogP contribution in [0.3, 0.4) is 0 Å². The van der Waals surface area contributed by atoms with Crippen LogP contribution in [0, 0.1) is 0 Å². The predicted octanol–water partition coefficient (Wildman–Crippen LogP) is 3.48. The Balaban J connectivity index is 1.67. The largest absolute Gasteiger partial charge is 0.324 e. The lowest BCUT2D eigenvalue weighted by molar-refractivity contribution is 0.223. The van der Waals surface area contributed by atoms with Crippen molar-refractivity contribution in [3.63, 3.8) is 0 Å². The molecular weight excluding hydrogens is 344 g/mol. The Morgan fingerprint density at radius 2 is 1.88 bits per heavy atom. The normalized spacial score (nSPS) is 17.3. The van der Waals surface area contributed by atoms with Crippen molar-refractivity contribution in [1.29, 1.82) is 0 Å². The fraction of sp³-hybridized carbons (Fsp3) is 0.176. The number of hydrogen-bond acceptors (Lipinski definition) is 4. The van der Waals surface area contributed by atoms with Crippen LogP contribution in [0.2, 0.25) is 5.02 Å². The number of nitrogens with one attached hydrogen (secondary N) is 2. The minimum Gasteiger partial charge on any atom is -0.317 e. The third kappa shape index (κ3) is 3.67. The van der Waals surface area contributed by atoms with Gasteiger partial charge in [0.15, 0.2) is 6.17 Å². The molecule has 1 aliphatic rings. The fourth-order valence-corrected chi connectivity index (χ4v) is 2.97. The third-order valence-electron chi connectivity index (χ3n) is 3.73. The molecule has 2 amide bonds. The van der Waals surface area contributed by atoms with Crippen LogP contribution in [0.15, 0.2) is 54.6 Å². The van der Waals surface area contributed by atoms with Gasteiger partial charge in [0, 0.05) is 17.8 Å². The van der Waals surface area contributed by atoms with Crippen molar-refractivity contribution in [2.24, 2.45) is 0 Å². The number of carbonyl (C=O) groups excluding carboxylic acids is 1. The maximum absolute atomic E-state index is 12.3. The van der Waals surface area contributed by atoms with Gasteiger partial charge in [-0.25, -0.2) is 4.79 Å². The molecular formula is C17H17ClN4OS. The van der Waals surface area contributed by atoms with E-state index in [-0.39, 0.29) is 6.03 Å². The lowest BCUT2D eigenvalue weighted by Gasteiger charge is -2.25. The van der Waals surface area contributed by atoms with Crippen LogP contribution < -0.4 is 10.7 Å². The number of likely N-dealkylation sites (N-methyl/N-ethyl adjacent to an activating group) is 1. The molecule has 124 valence electrons. The highest BCUT2D eigenvalue weighted by Gasteiger charge is 2.37. The van der Waals surface area contributed by atoms with Crippen LogP contribution in [0.1, 0.15) is 5.56 Å². The average molecular weight is 361 g/mol. The summed E-state index contributed by atoms with van der Waals surface area (Å²) in [6.07, 6.45) is -0.396. The first kappa shape index (κ1) is 16.7. The number of nitrogens with zero attached hydrogens (tertiary/aromatic N) is 2. The third-order valence-corrected chi connectivity index (χ3v) is 4.42. The summed E-state index contributed by atoms with van der Waals surface area (Å²) in [5, 5.41) is 5.33. The van der Waals surface area contributed by atoms with Gasteiger partial charge < -0.3 is 10.7 Å². The van der Waals surface area contributed by atoms with Crippen molar-refractivity contribution in [2.45, 2.75) is 12.7 Å². The van der Waals surface area contributed by atoms with Crippen molar-refractivity contribution < 1.29 is 4.79 Å². The second-order valence-corrected chi connectivity index (χ2v) is 6.35. The summed E-state index contributed by atoms with van der Waals surface area (Å²) in [6.45, 7) is 0.455. The molecule has 24 heavy (non-hydrogen) atoms. The molecule has 2 aromatic rings. The summed E-state index contributed by atoms with van der Waals surface area (Å²) in [4.78, 5) is 14.4. The van der Waals surface area contributed by atoms with Crippen molar-refractivity contribution in [2.75, 3.05) is 12.5 Å². The Morgan fingerprint density at radius 1 is 1.21 bits per heavy atom. The maximum Gasteiger partial charge on any atom is 0.324 e. The van der Waals surface area contributed by atoms with Crippen LogP contribution in [0.4, 0.5) is 10.5 Å². The molecule has 1 unspecified atom stereocenters. The number of amides is 2. The van der Waals surface area contributed by atoms with Crippen LogP contribution >= 0.6 is 23.8 Å². The van der Waals surface area contributed by atoms with Crippen molar-refractivity contribution >= 4 is 40.5 Å². The molecule has 0 radical (unpaired) electrons. The molecule has 7 heteroatoms. The van der Waals surface area contributed by atoms with E-state index in [1.165, 1.54) is 0 Å². The van der Waals surface area contributed by atoms with E-state index in [0.29, 0.717) is 16.6 Å². The quantitative estimate of drug-likeness (QED) is 0.633. The predicted molar refractivity (Wildman–Crippen MR) is 99.7 cm³/mol. The molecule has 3 rings (SSSR count). The molecule has 0 saturated carbocycles. The molecule has 0 aromatic heterocycles. The highest BCUT2D eigenvalue weighted by Crippen LogP contribution is 2.18. The zero-order chi connectivity index (χ0) is 17.1. The fourth-order valence-electron chi connectivity index (χ4n) is 2.48. The first-order valence-corrected chi connectivity index (χ1v) is 8.24. The second-order valence-electron chi connectivity index (χ2n) is 5.49. The molecule has 1 saturated heterocycles. The summed E-state index contributed by atoms with van der Waals surface area (Å²) >= 11 is 11.4. The molecule has 1 atom stereocenters. The summed E-state index contributed by atoms with van der Waals surface area (Å²) in [7, 11) is 1.83. The van der Waals surface area contributed by atoms with Gasteiger partial charge in [0.05, 0.1) is 6.54 Å². The summed E-state index contributed by atoms with van der Waals surface area (Å²) in [5.41, 5.74) is 5.09. The Morgan fingerprint density at radius 3 is 2.54 bits per heavy atom. The second kappa shape index (κ2) is 7.17. The van der Waals surface area contributed by atoms with Gasteiger partial charge in [-0.3, -0.25) is 4.90 Å². The number of carbonyl (C=O) groups is 1. The van der Waals surface area contributed by atoms with E-state index in [1.807, 2.05) is 49.5 Å². The Labute approximate surface area is 151 Å². The average Bonchev–Trinajstić information content (AvgIpc) is 2.86. The van der Waals surface area contributed by atoms with E-state index in [2.05, 4.69) is 10.7 Å². The lowest BCUT2D eigenvalue weighted by Crippen LogP contribution is -2.47. The Bertz CT molecular complexity index is 738. The van der Waals surface area contributed by atoms with E-state index in [1.54, 1.807) is 22.0 Å². The number of anilines is 1. The Kier molecular flexibility index (Phi) is 4.99. The summed E-state index contributed by atoms with van der Waals surface area (Å²) < 4.78 is 0. The smallest absolute Gasteiger partial charge is 0.317 e. The van der Waals surface area contributed by atoms with Gasteiger partial charge in [-0.15, -0.1) is 0 Å². The van der Waals surface area contributed by atoms with Crippen LogP contribution in [-0.4, -0.2) is 34.1 Å². The van der Waals surface area contributed by atoms with E-state index < -0.39 is 6.17 Å². The van der Waals surface area contributed by atoms with Crippen molar-refractivity contribution in [1.82, 2.24) is 15.2 Å². The monoisotopic (exact) mass is 360 g/mol. The molecule has 1 heterocycles. The van der Waals surface area contributed by atoms with E-state index in [0.717, 1.165) is 11.3 Å². The first-order valence-electron chi connectivity index (χ1n) is 7.45. The summed E-state index contributed by atoms with van der Waals surface area (Å²) in [6, 6.07) is 16.9. The molecule has 1 aliphatic heterocycles. The number of benzene rings is 2. The van der Waals surface area contributed by atoms with Gasteiger partial charge in [-0.05, 0) is 29.8 Å². The minimum absolute atomic E-state index is 0.196. The van der Waals surface area contributed by atoms with Crippen LogP contribution in [0.25, 0.3) is 0 Å². The number of urea groups is 1. The molecule has 0 aliphatic carbocycles. The van der Waals surface area contributed by atoms with E-state index in [9.17, 15) is 4.79 Å². The zero-order valence-electron chi connectivity index (χ0n) is 13.1. The first-order chi connectivity index (χ1) is 11.5. The lowest BCUT2D eigenvalue weighted by atomic mass is 10.2. The number of halogens is 1. The highest BCUT2D eigenvalue weighted by atomic mass is 35.5. The van der Waals surface area contributed by atoms with Gasteiger partial charge in [0.1, 0.15) is 4.99 Å². The molecule has 5 nitrogen and oxygen atoms in total. The SMILES string of the molecule is CN(Nc1ccc(Cl)cc1)C1NC(=O)N(Cc2ccccc2)C1=S. The molecule has 2 N–H and O–H groups in total. The molecule has 1 fully saturated rings. The standard InChI is InChI=1S/C17H17ClN4OS/c1-21(20-14-9-7-13(18)8-10-14)15-16(24)22(17(23)19-15)11-12-5-3-2-4-6-12/h2-10,15,20H,11H2,1H3,(H,19,23). The van der Waals surface area contributed by atoms with Crippen molar-refractivity contribution in [3.8, 4) is 0 Å². The number of thiocarbonyl (C=S) groups is 1. The van der Waals surface area contributed by atoms with E-state index in [4.69, 9.17) is 23.8 Å². The van der Waals surface area contributed by atoms with Gasteiger partial charge in [0.25, 0.3) is 0 Å². The van der Waals surface area contributed by atoms with Gasteiger partial charge >= 0.3 is 6.03 Å². The van der Waals surface area contributed by atoms with Crippen LogP contribution in [-0.2, 0) is 6.54 Å². The van der Waals surface area contributed by atoms with Crippen molar-refractivity contribution in [3.05, 3.63) is 65.2 Å². The van der Waals surface area contributed by atoms with Gasteiger partial charge in [-0.2, -0.15) is 5.01 Å². The number of hydrogen-bond donors (Lipinski definition) is 2. The highest BCUT2D eigenvalue weighted by molar-refractivity contribution is 7.80.